The summed E-state index contributed by atoms with van der Waals surface area (Å²) in [5.41, 5.74) is 0.918. The van der Waals surface area contributed by atoms with Gasteiger partial charge in [-0.15, -0.1) is 0 Å². The largest absolute Gasteiger partial charge is 0.541 e. The van der Waals surface area contributed by atoms with Crippen molar-refractivity contribution in [1.82, 2.24) is 0 Å². The number of hydrogen-bond acceptors (Lipinski definition) is 4. The minimum absolute atomic E-state index is 0.112. The minimum atomic E-state index is -1.95. The molecule has 0 aliphatic heterocycles. The summed E-state index contributed by atoms with van der Waals surface area (Å²) in [5.74, 6) is 1.34. The number of carbonyl (C=O) groups excluding carboxylic acids is 1. The molecule has 0 unspecified atom stereocenters. The molecule has 0 saturated carbocycles. The van der Waals surface area contributed by atoms with Gasteiger partial charge in [-0.2, -0.15) is 0 Å². The van der Waals surface area contributed by atoms with E-state index in [2.05, 4.69) is 40.8 Å². The Labute approximate surface area is 204 Å². The van der Waals surface area contributed by atoms with Crippen molar-refractivity contribution in [1.29, 1.82) is 0 Å². The van der Waals surface area contributed by atoms with E-state index in [1.807, 2.05) is 18.2 Å². The second-order valence-corrected chi connectivity index (χ2v) is 15.5. The number of benzene rings is 1. The Hall–Kier alpha value is -1.49. The Bertz CT molecular complexity index is 679. The molecule has 0 aromatic heterocycles. The second-order valence-electron chi connectivity index (χ2n) is 10.8. The SMILES string of the molecule is CCCCCCCCCCCCCC(=O)OCc1ccc(O[Si](C)(C)C(C)(C)C)c(OC)c1. The quantitative estimate of drug-likeness (QED) is 0.127. The summed E-state index contributed by atoms with van der Waals surface area (Å²) in [4.78, 5) is 12.1. The molecule has 1 aromatic rings. The molecule has 1 rings (SSSR count). The van der Waals surface area contributed by atoms with Crippen LogP contribution in [-0.2, 0) is 16.1 Å². The fourth-order valence-corrected chi connectivity index (χ4v) is 4.51. The molecule has 0 atom stereocenters. The Morgan fingerprint density at radius 1 is 0.848 bits per heavy atom. The predicted octanol–water partition coefficient (Wildman–Crippen LogP) is 8.82. The molecule has 0 spiro atoms. The van der Waals surface area contributed by atoms with E-state index in [4.69, 9.17) is 13.9 Å². The van der Waals surface area contributed by atoms with Gasteiger partial charge in [-0.3, -0.25) is 4.79 Å². The average Bonchev–Trinajstić information content (AvgIpc) is 2.75. The lowest BCUT2D eigenvalue weighted by Gasteiger charge is -2.36. The Balaban J connectivity index is 2.28. The summed E-state index contributed by atoms with van der Waals surface area (Å²) < 4.78 is 17.4. The zero-order valence-electron chi connectivity index (χ0n) is 22.6. The van der Waals surface area contributed by atoms with Crippen LogP contribution in [-0.4, -0.2) is 21.4 Å². The van der Waals surface area contributed by atoms with Crippen LogP contribution in [0.2, 0.25) is 18.1 Å². The molecule has 33 heavy (non-hydrogen) atoms. The number of esters is 1. The van der Waals surface area contributed by atoms with Gasteiger partial charge in [0.05, 0.1) is 7.11 Å². The molecule has 0 aliphatic rings. The van der Waals surface area contributed by atoms with Crippen molar-refractivity contribution >= 4 is 14.3 Å². The third kappa shape index (κ3) is 12.0. The van der Waals surface area contributed by atoms with Crippen LogP contribution in [0.3, 0.4) is 0 Å². The standard InChI is InChI=1S/C28H50O4Si/c1-8-9-10-11-12-13-14-15-16-17-18-19-27(29)31-23-24-20-21-25(26(22-24)30-5)32-33(6,7)28(2,3)4/h20-22H,8-19,23H2,1-7H3. The van der Waals surface area contributed by atoms with Crippen LogP contribution in [0.4, 0.5) is 0 Å². The number of rotatable bonds is 17. The fourth-order valence-electron chi connectivity index (χ4n) is 3.48. The van der Waals surface area contributed by atoms with Gasteiger partial charge in [0.15, 0.2) is 5.75 Å². The minimum Gasteiger partial charge on any atom is -0.541 e. The Kier molecular flexibility index (Phi) is 13.8. The Morgan fingerprint density at radius 3 is 1.91 bits per heavy atom. The van der Waals surface area contributed by atoms with Gasteiger partial charge in [0.25, 0.3) is 8.32 Å². The number of carbonyl (C=O) groups is 1. The highest BCUT2D eigenvalue weighted by atomic mass is 28.4. The maximum absolute atomic E-state index is 12.1. The molecule has 1 aromatic carbocycles. The zero-order valence-corrected chi connectivity index (χ0v) is 23.6. The second kappa shape index (κ2) is 15.4. The van der Waals surface area contributed by atoms with E-state index in [9.17, 15) is 4.79 Å². The molecule has 0 radical (unpaired) electrons. The van der Waals surface area contributed by atoms with E-state index < -0.39 is 8.32 Å². The highest BCUT2D eigenvalue weighted by Gasteiger charge is 2.39. The molecule has 0 saturated heterocycles. The first-order valence-corrected chi connectivity index (χ1v) is 16.0. The summed E-state index contributed by atoms with van der Waals surface area (Å²) in [7, 11) is -0.301. The summed E-state index contributed by atoms with van der Waals surface area (Å²) in [6, 6.07) is 5.81. The van der Waals surface area contributed by atoms with Crippen molar-refractivity contribution in [3.63, 3.8) is 0 Å². The highest BCUT2D eigenvalue weighted by Crippen LogP contribution is 2.40. The fraction of sp³-hybridized carbons (Fsp3) is 0.750. The average molecular weight is 479 g/mol. The van der Waals surface area contributed by atoms with Gasteiger partial charge in [-0.25, -0.2) is 0 Å². The van der Waals surface area contributed by atoms with E-state index in [-0.39, 0.29) is 17.6 Å². The van der Waals surface area contributed by atoms with E-state index in [1.54, 1.807) is 7.11 Å². The van der Waals surface area contributed by atoms with Crippen LogP contribution in [0.15, 0.2) is 18.2 Å². The lowest BCUT2D eigenvalue weighted by atomic mass is 10.1. The van der Waals surface area contributed by atoms with Crippen LogP contribution < -0.4 is 9.16 Å². The summed E-state index contributed by atoms with van der Waals surface area (Å²) in [6.07, 6.45) is 14.6. The molecule has 4 nitrogen and oxygen atoms in total. The van der Waals surface area contributed by atoms with Crippen LogP contribution in [0.1, 0.15) is 110 Å². The van der Waals surface area contributed by atoms with Crippen molar-refractivity contribution in [2.75, 3.05) is 7.11 Å². The summed E-state index contributed by atoms with van der Waals surface area (Å²) in [6.45, 7) is 13.6. The van der Waals surface area contributed by atoms with E-state index >= 15 is 0 Å². The highest BCUT2D eigenvalue weighted by molar-refractivity contribution is 6.74. The van der Waals surface area contributed by atoms with E-state index in [0.29, 0.717) is 12.2 Å². The van der Waals surface area contributed by atoms with Gasteiger partial charge in [0, 0.05) is 6.42 Å². The predicted molar refractivity (Wildman–Crippen MR) is 142 cm³/mol. The molecule has 0 amide bonds. The molecule has 190 valence electrons. The van der Waals surface area contributed by atoms with Crippen molar-refractivity contribution in [2.24, 2.45) is 0 Å². The maximum atomic E-state index is 12.1. The maximum Gasteiger partial charge on any atom is 0.306 e. The van der Waals surface area contributed by atoms with Crippen molar-refractivity contribution < 1.29 is 18.7 Å². The zero-order chi connectivity index (χ0) is 24.7. The molecule has 0 fully saturated rings. The number of ether oxygens (including phenoxy) is 2. The van der Waals surface area contributed by atoms with Crippen LogP contribution in [0, 0.1) is 0 Å². The third-order valence-corrected chi connectivity index (χ3v) is 11.1. The number of methoxy groups -OCH3 is 1. The molecule has 0 heterocycles. The van der Waals surface area contributed by atoms with Gasteiger partial charge in [0.1, 0.15) is 12.4 Å². The number of hydrogen-bond donors (Lipinski definition) is 0. The van der Waals surface area contributed by atoms with Crippen molar-refractivity contribution in [2.45, 2.75) is 129 Å². The topological polar surface area (TPSA) is 44.8 Å². The van der Waals surface area contributed by atoms with E-state index in [0.717, 1.165) is 24.2 Å². The smallest absolute Gasteiger partial charge is 0.306 e. The third-order valence-electron chi connectivity index (χ3n) is 6.78. The van der Waals surface area contributed by atoms with Gasteiger partial charge < -0.3 is 13.9 Å². The van der Waals surface area contributed by atoms with Gasteiger partial charge in [-0.1, -0.05) is 98.0 Å². The summed E-state index contributed by atoms with van der Waals surface area (Å²) >= 11 is 0. The molecule has 0 bridgehead atoms. The van der Waals surface area contributed by atoms with E-state index in [1.165, 1.54) is 57.8 Å². The first kappa shape index (κ1) is 29.5. The van der Waals surface area contributed by atoms with Crippen LogP contribution in [0.5, 0.6) is 11.5 Å². The monoisotopic (exact) mass is 478 g/mol. The lowest BCUT2D eigenvalue weighted by molar-refractivity contribution is -0.145. The van der Waals surface area contributed by atoms with Gasteiger partial charge in [-0.05, 0) is 42.2 Å². The molecular formula is C28H50O4Si. The van der Waals surface area contributed by atoms with Crippen molar-refractivity contribution in [3.05, 3.63) is 23.8 Å². The van der Waals surface area contributed by atoms with Crippen LogP contribution >= 0.6 is 0 Å². The van der Waals surface area contributed by atoms with Gasteiger partial charge >= 0.3 is 5.97 Å². The normalized spacial score (nSPS) is 12.0. The molecule has 0 aliphatic carbocycles. The summed E-state index contributed by atoms with van der Waals surface area (Å²) in [5, 5.41) is 0.112. The Morgan fingerprint density at radius 2 is 1.39 bits per heavy atom. The van der Waals surface area contributed by atoms with Crippen molar-refractivity contribution in [3.8, 4) is 11.5 Å². The molecular weight excluding hydrogens is 428 g/mol. The first-order chi connectivity index (χ1) is 15.6. The number of unbranched alkanes of at least 4 members (excludes halogenated alkanes) is 10. The van der Waals surface area contributed by atoms with Crippen LogP contribution in [0.25, 0.3) is 0 Å². The first-order valence-electron chi connectivity index (χ1n) is 13.1. The lowest BCUT2D eigenvalue weighted by Crippen LogP contribution is -2.43. The molecule has 0 N–H and O–H groups in total. The molecule has 5 heteroatoms. The van der Waals surface area contributed by atoms with Gasteiger partial charge in [0.2, 0.25) is 0 Å².